The number of aliphatic hydroxyl groups is 1. The second kappa shape index (κ2) is 5.52. The molecule has 1 aliphatic heterocycles. The molecule has 0 spiro atoms. The Morgan fingerprint density at radius 2 is 1.72 bits per heavy atom. The third-order valence-corrected chi connectivity index (χ3v) is 7.46. The zero-order chi connectivity index (χ0) is 14.2. The van der Waals surface area contributed by atoms with Crippen LogP contribution in [0.25, 0.3) is 0 Å². The number of thiol groups is 1. The minimum Gasteiger partial charge on any atom is -0.368 e. The third kappa shape index (κ3) is 3.36. The first-order valence-electron chi connectivity index (χ1n) is 5.21. The van der Waals surface area contributed by atoms with Crippen molar-refractivity contribution in [3.05, 3.63) is 0 Å². The SMILES string of the molecule is O=P(O)(O)C(O)(CC1CCNCC1S)P(=O)(O)O. The van der Waals surface area contributed by atoms with E-state index < -0.39 is 32.6 Å². The van der Waals surface area contributed by atoms with Crippen LogP contribution in [0.2, 0.25) is 0 Å². The number of hydrogen-bond donors (Lipinski definition) is 7. The standard InChI is InChI=1S/C7H17NO7P2S/c9-7(16(10,11)12,17(13,14)15)3-5-1-2-8-4-6(5)18/h5-6,8-9,18H,1-4H2,(H2,10,11,12)(H2,13,14,15). The zero-order valence-electron chi connectivity index (χ0n) is 9.38. The summed E-state index contributed by atoms with van der Waals surface area (Å²) >= 11 is 4.18. The van der Waals surface area contributed by atoms with Crippen LogP contribution >= 0.6 is 27.8 Å². The van der Waals surface area contributed by atoms with Gasteiger partial charge in [0.1, 0.15) is 0 Å². The van der Waals surface area contributed by atoms with E-state index in [0.29, 0.717) is 19.5 Å². The van der Waals surface area contributed by atoms with Crippen molar-refractivity contribution in [1.29, 1.82) is 0 Å². The van der Waals surface area contributed by atoms with Crippen molar-refractivity contribution in [3.8, 4) is 0 Å². The molecule has 6 N–H and O–H groups in total. The molecule has 0 aliphatic carbocycles. The van der Waals surface area contributed by atoms with Gasteiger partial charge in [0, 0.05) is 18.2 Å². The highest BCUT2D eigenvalue weighted by Gasteiger charge is 2.60. The molecule has 0 aromatic heterocycles. The summed E-state index contributed by atoms with van der Waals surface area (Å²) in [5.74, 6) is -0.486. The molecule has 0 bridgehead atoms. The van der Waals surface area contributed by atoms with Crippen molar-refractivity contribution in [2.75, 3.05) is 13.1 Å². The van der Waals surface area contributed by atoms with Crippen molar-refractivity contribution in [1.82, 2.24) is 5.32 Å². The van der Waals surface area contributed by atoms with Crippen LogP contribution in [-0.2, 0) is 9.13 Å². The molecule has 0 saturated carbocycles. The van der Waals surface area contributed by atoms with E-state index in [1.165, 1.54) is 0 Å². The van der Waals surface area contributed by atoms with Gasteiger partial charge in [-0.25, -0.2) is 0 Å². The monoisotopic (exact) mass is 321 g/mol. The first kappa shape index (κ1) is 16.6. The number of piperidine rings is 1. The van der Waals surface area contributed by atoms with Gasteiger partial charge in [-0.15, -0.1) is 0 Å². The molecular weight excluding hydrogens is 304 g/mol. The number of rotatable bonds is 4. The van der Waals surface area contributed by atoms with E-state index in [9.17, 15) is 14.2 Å². The first-order chi connectivity index (χ1) is 7.99. The zero-order valence-corrected chi connectivity index (χ0v) is 12.1. The molecule has 0 aromatic rings. The van der Waals surface area contributed by atoms with Gasteiger partial charge in [0.25, 0.3) is 5.08 Å². The predicted octanol–water partition coefficient (Wildman–Crippen LogP) is -0.714. The molecule has 0 amide bonds. The lowest BCUT2D eigenvalue weighted by Crippen LogP contribution is -2.42. The predicted molar refractivity (Wildman–Crippen MR) is 67.4 cm³/mol. The van der Waals surface area contributed by atoms with E-state index >= 15 is 0 Å². The summed E-state index contributed by atoms with van der Waals surface area (Å²) in [6.07, 6.45) is -0.256. The van der Waals surface area contributed by atoms with Crippen molar-refractivity contribution >= 4 is 27.8 Å². The third-order valence-electron chi connectivity index (χ3n) is 3.06. The number of nitrogens with one attached hydrogen (secondary N) is 1. The van der Waals surface area contributed by atoms with Gasteiger partial charge in [-0.3, -0.25) is 9.13 Å². The molecule has 1 aliphatic rings. The number of hydrogen-bond acceptors (Lipinski definition) is 5. The quantitative estimate of drug-likeness (QED) is 0.265. The average Bonchev–Trinajstić information content (AvgIpc) is 2.18. The van der Waals surface area contributed by atoms with Crippen LogP contribution in [0.1, 0.15) is 12.8 Å². The van der Waals surface area contributed by atoms with Crippen LogP contribution in [-0.4, -0.2) is 48.1 Å². The molecule has 108 valence electrons. The fourth-order valence-corrected chi connectivity index (χ4v) is 4.58. The Bertz CT molecular complexity index is 371. The van der Waals surface area contributed by atoms with E-state index in [4.69, 9.17) is 19.6 Å². The van der Waals surface area contributed by atoms with Crippen LogP contribution in [0, 0.1) is 5.92 Å². The summed E-state index contributed by atoms with van der Waals surface area (Å²) in [5, 5.41) is 9.09. The summed E-state index contributed by atoms with van der Waals surface area (Å²) in [5.41, 5.74) is 0. The average molecular weight is 321 g/mol. The molecule has 0 aromatic carbocycles. The lowest BCUT2D eigenvalue weighted by molar-refractivity contribution is 0.101. The van der Waals surface area contributed by atoms with Crippen molar-refractivity contribution in [2.45, 2.75) is 23.2 Å². The van der Waals surface area contributed by atoms with Crippen molar-refractivity contribution < 1.29 is 33.8 Å². The van der Waals surface area contributed by atoms with E-state index in [1.807, 2.05) is 0 Å². The lowest BCUT2D eigenvalue weighted by Gasteiger charge is -2.36. The van der Waals surface area contributed by atoms with E-state index in [1.54, 1.807) is 0 Å². The highest BCUT2D eigenvalue weighted by Crippen LogP contribution is 2.70. The van der Waals surface area contributed by atoms with Crippen LogP contribution in [0.5, 0.6) is 0 Å². The summed E-state index contributed by atoms with van der Waals surface area (Å²) in [6.45, 7) is 0.992. The minimum absolute atomic E-state index is 0.330. The Morgan fingerprint density at radius 1 is 1.22 bits per heavy atom. The second-order valence-corrected chi connectivity index (χ2v) is 9.06. The van der Waals surface area contributed by atoms with Crippen molar-refractivity contribution in [3.63, 3.8) is 0 Å². The van der Waals surface area contributed by atoms with Crippen LogP contribution in [0.15, 0.2) is 0 Å². The molecule has 2 unspecified atom stereocenters. The molecular formula is C7H17NO7P2S. The highest BCUT2D eigenvalue weighted by atomic mass is 32.1. The topological polar surface area (TPSA) is 147 Å². The molecule has 8 nitrogen and oxygen atoms in total. The maximum absolute atomic E-state index is 11.2. The summed E-state index contributed by atoms with van der Waals surface area (Å²) < 4.78 is 22.4. The fourth-order valence-electron chi connectivity index (χ4n) is 1.89. The summed E-state index contributed by atoms with van der Waals surface area (Å²) in [6, 6.07) is 0. The van der Waals surface area contributed by atoms with Crippen LogP contribution < -0.4 is 5.32 Å². The van der Waals surface area contributed by atoms with Gasteiger partial charge in [0.15, 0.2) is 0 Å². The molecule has 18 heavy (non-hydrogen) atoms. The normalized spacial score (nSPS) is 27.2. The Labute approximate surface area is 110 Å². The Kier molecular flexibility index (Phi) is 5.10. The van der Waals surface area contributed by atoms with Crippen LogP contribution in [0.3, 0.4) is 0 Å². The van der Waals surface area contributed by atoms with Gasteiger partial charge in [0.2, 0.25) is 0 Å². The lowest BCUT2D eigenvalue weighted by atomic mass is 9.94. The van der Waals surface area contributed by atoms with Gasteiger partial charge < -0.3 is 30.0 Å². The first-order valence-corrected chi connectivity index (χ1v) is 8.95. The van der Waals surface area contributed by atoms with Gasteiger partial charge in [0.05, 0.1) is 0 Å². The Hall–Kier alpha value is 0.570. The largest absolute Gasteiger partial charge is 0.369 e. The van der Waals surface area contributed by atoms with Gasteiger partial charge in [-0.2, -0.15) is 12.6 Å². The minimum atomic E-state index is -5.36. The Balaban J connectivity index is 3.00. The molecule has 1 fully saturated rings. The van der Waals surface area contributed by atoms with E-state index in [2.05, 4.69) is 17.9 Å². The molecule has 1 rings (SSSR count). The molecule has 1 saturated heterocycles. The molecule has 2 atom stereocenters. The Morgan fingerprint density at radius 3 is 2.11 bits per heavy atom. The van der Waals surface area contributed by atoms with Crippen molar-refractivity contribution in [2.24, 2.45) is 5.92 Å². The maximum atomic E-state index is 11.2. The molecule has 11 heteroatoms. The van der Waals surface area contributed by atoms with E-state index in [0.717, 1.165) is 0 Å². The fraction of sp³-hybridized carbons (Fsp3) is 1.00. The molecule has 1 heterocycles. The van der Waals surface area contributed by atoms with Gasteiger partial charge in [-0.05, 0) is 18.9 Å². The van der Waals surface area contributed by atoms with Crippen LogP contribution in [0.4, 0.5) is 0 Å². The highest BCUT2D eigenvalue weighted by molar-refractivity contribution is 7.81. The van der Waals surface area contributed by atoms with E-state index in [-0.39, 0.29) is 5.25 Å². The van der Waals surface area contributed by atoms with Gasteiger partial charge >= 0.3 is 15.2 Å². The summed E-state index contributed by atoms with van der Waals surface area (Å²) in [7, 11) is -10.7. The maximum Gasteiger partial charge on any atom is 0.369 e. The van der Waals surface area contributed by atoms with Gasteiger partial charge in [-0.1, -0.05) is 0 Å². The summed E-state index contributed by atoms with van der Waals surface area (Å²) in [4.78, 5) is 36.1. The molecule has 0 radical (unpaired) electrons. The second-order valence-electron chi connectivity index (χ2n) is 4.39. The smallest absolute Gasteiger partial charge is 0.368 e.